The van der Waals surface area contributed by atoms with Crippen LogP contribution in [0.3, 0.4) is 0 Å². The minimum absolute atomic E-state index is 0.115. The van der Waals surface area contributed by atoms with E-state index in [0.717, 1.165) is 26.6 Å². The van der Waals surface area contributed by atoms with Crippen molar-refractivity contribution in [3.8, 4) is 0 Å². The molecule has 3 nitrogen and oxygen atoms in total. The predicted octanol–water partition coefficient (Wildman–Crippen LogP) is 4.99. The Balaban J connectivity index is 1.87. The summed E-state index contributed by atoms with van der Waals surface area (Å²) in [6.07, 6.45) is 0. The molecule has 4 heteroatoms. The summed E-state index contributed by atoms with van der Waals surface area (Å²) in [5.41, 5.74) is 2.63. The third kappa shape index (κ3) is 2.66. The molecule has 3 aromatic rings. The Morgan fingerprint density at radius 1 is 1.14 bits per heavy atom. The number of halogens is 1. The lowest BCUT2D eigenvalue weighted by Gasteiger charge is -2.15. The summed E-state index contributed by atoms with van der Waals surface area (Å²) in [4.78, 5) is 12.5. The zero-order chi connectivity index (χ0) is 15.7. The lowest BCUT2D eigenvalue weighted by atomic mass is 10.1. The molecule has 0 unspecified atom stereocenters. The number of fused-ring (bicyclic) bond motifs is 1. The van der Waals surface area contributed by atoms with Crippen molar-refractivity contribution >= 4 is 32.8 Å². The molecule has 0 saturated carbocycles. The van der Waals surface area contributed by atoms with E-state index in [2.05, 4.69) is 21.2 Å². The molecule has 1 aromatic heterocycles. The lowest BCUT2D eigenvalue weighted by Crippen LogP contribution is -2.27. The zero-order valence-electron chi connectivity index (χ0n) is 12.4. The van der Waals surface area contributed by atoms with Crippen LogP contribution in [-0.4, -0.2) is 5.91 Å². The van der Waals surface area contributed by atoms with E-state index in [4.69, 9.17) is 4.42 Å². The Kier molecular flexibility index (Phi) is 4.03. The Morgan fingerprint density at radius 2 is 1.82 bits per heavy atom. The third-order valence-corrected chi connectivity index (χ3v) is 4.49. The summed E-state index contributed by atoms with van der Waals surface area (Å²) in [6.45, 7) is 3.86. The summed E-state index contributed by atoms with van der Waals surface area (Å²) >= 11 is 3.51. The smallest absolute Gasteiger partial charge is 0.287 e. The quantitative estimate of drug-likeness (QED) is 0.716. The van der Waals surface area contributed by atoms with Gasteiger partial charge in [-0.1, -0.05) is 52.3 Å². The molecule has 1 atom stereocenters. The summed E-state index contributed by atoms with van der Waals surface area (Å²) in [6, 6.07) is 15.4. The van der Waals surface area contributed by atoms with Gasteiger partial charge < -0.3 is 9.73 Å². The van der Waals surface area contributed by atoms with E-state index in [1.165, 1.54) is 0 Å². The van der Waals surface area contributed by atoms with Crippen LogP contribution in [0.1, 0.15) is 34.6 Å². The first-order valence-corrected chi connectivity index (χ1v) is 7.90. The Morgan fingerprint density at radius 3 is 2.55 bits per heavy atom. The first-order valence-electron chi connectivity index (χ1n) is 7.11. The first-order chi connectivity index (χ1) is 10.6. The zero-order valence-corrected chi connectivity index (χ0v) is 14.0. The number of furan rings is 1. The fraction of sp³-hybridized carbons (Fsp3) is 0.167. The molecule has 2 aromatic carbocycles. The van der Waals surface area contributed by atoms with Gasteiger partial charge in [0.1, 0.15) is 5.58 Å². The second kappa shape index (κ2) is 5.97. The van der Waals surface area contributed by atoms with Gasteiger partial charge in [0.15, 0.2) is 5.76 Å². The van der Waals surface area contributed by atoms with Crippen molar-refractivity contribution in [3.05, 3.63) is 69.9 Å². The summed E-state index contributed by atoms with van der Waals surface area (Å²) < 4.78 is 6.68. The van der Waals surface area contributed by atoms with Gasteiger partial charge in [-0.15, -0.1) is 0 Å². The van der Waals surface area contributed by atoms with Gasteiger partial charge >= 0.3 is 0 Å². The van der Waals surface area contributed by atoms with E-state index < -0.39 is 0 Å². The number of carbonyl (C=O) groups excluding carboxylic acids is 1. The molecule has 112 valence electrons. The average Bonchev–Trinajstić information content (AvgIpc) is 2.85. The molecular weight excluding hydrogens is 342 g/mol. The molecule has 1 N–H and O–H groups in total. The average molecular weight is 358 g/mol. The fourth-order valence-electron chi connectivity index (χ4n) is 2.56. The van der Waals surface area contributed by atoms with E-state index in [1.54, 1.807) is 0 Å². The van der Waals surface area contributed by atoms with Crippen LogP contribution >= 0.6 is 15.9 Å². The van der Waals surface area contributed by atoms with Crippen molar-refractivity contribution in [3.63, 3.8) is 0 Å². The number of benzene rings is 2. The molecule has 0 aliphatic heterocycles. The van der Waals surface area contributed by atoms with Gasteiger partial charge in [0.05, 0.1) is 6.04 Å². The van der Waals surface area contributed by atoms with Crippen molar-refractivity contribution in [2.75, 3.05) is 0 Å². The van der Waals surface area contributed by atoms with E-state index in [9.17, 15) is 4.79 Å². The van der Waals surface area contributed by atoms with Gasteiger partial charge in [0, 0.05) is 15.4 Å². The van der Waals surface area contributed by atoms with Crippen LogP contribution < -0.4 is 5.32 Å². The molecule has 0 bridgehead atoms. The largest absolute Gasteiger partial charge is 0.451 e. The maximum atomic E-state index is 12.5. The Bertz CT molecular complexity index is 838. The van der Waals surface area contributed by atoms with Crippen LogP contribution in [0.15, 0.2) is 57.4 Å². The van der Waals surface area contributed by atoms with Gasteiger partial charge in [-0.05, 0) is 31.5 Å². The highest BCUT2D eigenvalue weighted by Crippen LogP contribution is 2.27. The number of hydrogen-bond donors (Lipinski definition) is 1. The van der Waals surface area contributed by atoms with Crippen molar-refractivity contribution in [1.29, 1.82) is 0 Å². The summed E-state index contributed by atoms with van der Waals surface area (Å²) in [7, 11) is 0. The minimum atomic E-state index is -0.197. The highest BCUT2D eigenvalue weighted by molar-refractivity contribution is 9.10. The second-order valence-corrected chi connectivity index (χ2v) is 6.12. The summed E-state index contributed by atoms with van der Waals surface area (Å²) in [5, 5.41) is 3.97. The molecule has 0 radical (unpaired) electrons. The maximum absolute atomic E-state index is 12.5. The highest BCUT2D eigenvalue weighted by Gasteiger charge is 2.20. The fourth-order valence-corrected chi connectivity index (χ4v) is 3.19. The van der Waals surface area contributed by atoms with Gasteiger partial charge in [-0.25, -0.2) is 0 Å². The number of hydrogen-bond acceptors (Lipinski definition) is 2. The molecular formula is C18H16BrNO2. The topological polar surface area (TPSA) is 42.2 Å². The molecule has 0 fully saturated rings. The van der Waals surface area contributed by atoms with Crippen molar-refractivity contribution in [1.82, 2.24) is 5.32 Å². The van der Waals surface area contributed by atoms with Crippen LogP contribution in [-0.2, 0) is 0 Å². The van der Waals surface area contributed by atoms with Gasteiger partial charge in [0.2, 0.25) is 0 Å². The van der Waals surface area contributed by atoms with Crippen molar-refractivity contribution in [2.45, 2.75) is 19.9 Å². The normalized spacial score (nSPS) is 12.3. The van der Waals surface area contributed by atoms with Gasteiger partial charge in [-0.2, -0.15) is 0 Å². The maximum Gasteiger partial charge on any atom is 0.287 e. The number of aryl methyl sites for hydroxylation is 1. The third-order valence-electron chi connectivity index (χ3n) is 3.77. The Hall–Kier alpha value is -2.07. The van der Waals surface area contributed by atoms with Crippen LogP contribution in [0, 0.1) is 6.92 Å². The van der Waals surface area contributed by atoms with Crippen LogP contribution in [0.4, 0.5) is 0 Å². The van der Waals surface area contributed by atoms with Crippen molar-refractivity contribution < 1.29 is 9.21 Å². The van der Waals surface area contributed by atoms with Gasteiger partial charge in [-0.3, -0.25) is 4.79 Å². The Labute approximate surface area is 137 Å². The number of rotatable bonds is 3. The number of carbonyl (C=O) groups is 1. The first kappa shape index (κ1) is 14.9. The second-order valence-electron chi connectivity index (χ2n) is 5.27. The molecule has 0 aliphatic rings. The van der Waals surface area contributed by atoms with E-state index in [-0.39, 0.29) is 11.9 Å². The molecule has 0 aliphatic carbocycles. The molecule has 0 saturated heterocycles. The molecule has 3 rings (SSSR count). The number of nitrogens with one attached hydrogen (secondary N) is 1. The van der Waals surface area contributed by atoms with Crippen LogP contribution in [0.2, 0.25) is 0 Å². The standard InChI is InChI=1S/C18H16BrNO2/c1-11-13-7-4-6-10-16(13)22-17(11)18(21)20-12(2)14-8-3-5-9-15(14)19/h3-10,12H,1-2H3,(H,20,21)/t12-/m0/s1. The monoisotopic (exact) mass is 357 g/mol. The van der Waals surface area contributed by atoms with E-state index in [1.807, 2.05) is 62.4 Å². The highest BCUT2D eigenvalue weighted by atomic mass is 79.9. The number of para-hydroxylation sites is 1. The molecule has 1 heterocycles. The van der Waals surface area contributed by atoms with Crippen molar-refractivity contribution in [2.24, 2.45) is 0 Å². The molecule has 0 spiro atoms. The molecule has 1 amide bonds. The number of amides is 1. The lowest BCUT2D eigenvalue weighted by molar-refractivity contribution is 0.0913. The minimum Gasteiger partial charge on any atom is -0.451 e. The van der Waals surface area contributed by atoms with E-state index in [0.29, 0.717) is 5.76 Å². The van der Waals surface area contributed by atoms with Crippen LogP contribution in [0.25, 0.3) is 11.0 Å². The summed E-state index contributed by atoms with van der Waals surface area (Å²) in [5.74, 6) is 0.178. The SMILES string of the molecule is Cc1c(C(=O)N[C@@H](C)c2ccccc2Br)oc2ccccc12. The van der Waals surface area contributed by atoms with Crippen LogP contribution in [0.5, 0.6) is 0 Å². The molecule has 22 heavy (non-hydrogen) atoms. The predicted molar refractivity (Wildman–Crippen MR) is 91.0 cm³/mol. The van der Waals surface area contributed by atoms with E-state index >= 15 is 0 Å². The van der Waals surface area contributed by atoms with Gasteiger partial charge in [0.25, 0.3) is 5.91 Å².